The van der Waals surface area contributed by atoms with Crippen LogP contribution in [0.2, 0.25) is 5.02 Å². The lowest BCUT2D eigenvalue weighted by Crippen LogP contribution is -2.61. The minimum atomic E-state index is 0. The third-order valence-corrected chi connectivity index (χ3v) is 30.4. The summed E-state index contributed by atoms with van der Waals surface area (Å²) < 4.78 is 0. The lowest BCUT2D eigenvalue weighted by molar-refractivity contribution is 0.443. The molecule has 0 bridgehead atoms. The third kappa shape index (κ3) is 16.9. The van der Waals surface area contributed by atoms with E-state index in [0.29, 0.717) is 47.3 Å². The second kappa shape index (κ2) is 37.4. The van der Waals surface area contributed by atoms with E-state index in [1.165, 1.54) is 341 Å². The van der Waals surface area contributed by atoms with Crippen molar-refractivity contribution in [3.63, 3.8) is 0 Å². The largest absolute Gasteiger partial charge is 0.311 e. The zero-order valence-electron chi connectivity index (χ0n) is 68.4. The van der Waals surface area contributed by atoms with Gasteiger partial charge in [-0.15, -0.1) is 0 Å². The molecule has 116 heavy (non-hydrogen) atoms. The first-order valence-corrected chi connectivity index (χ1v) is 46.8. The molecule has 2 heterocycles. The van der Waals surface area contributed by atoms with Gasteiger partial charge in [0.2, 0.25) is 0 Å². The van der Waals surface area contributed by atoms with Crippen LogP contribution in [0.25, 0.3) is 0 Å². The van der Waals surface area contributed by atoms with E-state index in [-0.39, 0.29) is 21.6 Å². The maximum Gasteiger partial charge on any atom is 0.252 e. The number of rotatable bonds is 16. The molecule has 0 amide bonds. The summed E-state index contributed by atoms with van der Waals surface area (Å²) in [5, 5.41) is 0.762. The molecule has 0 unspecified atom stereocenters. The molecule has 602 valence electrons. The number of halogens is 1. The van der Waals surface area contributed by atoms with E-state index in [1.807, 2.05) is 0 Å². The molecule has 10 aromatic rings. The summed E-state index contributed by atoms with van der Waals surface area (Å²) >= 11 is 7.83. The van der Waals surface area contributed by atoms with Gasteiger partial charge in [0, 0.05) is 56.9 Å². The molecular weight excluding hydrogens is 1420 g/mol. The number of benzene rings is 10. The van der Waals surface area contributed by atoms with Crippen molar-refractivity contribution in [1.29, 1.82) is 0 Å². The Labute approximate surface area is 704 Å². The van der Waals surface area contributed by atoms with Crippen molar-refractivity contribution in [1.82, 2.24) is 0 Å². The quantitative estimate of drug-likeness (QED) is 0.0894. The second-order valence-corrected chi connectivity index (χ2v) is 37.3. The highest BCUT2D eigenvalue weighted by Gasteiger charge is 2.44. The van der Waals surface area contributed by atoms with Gasteiger partial charge in [0.05, 0.1) is 16.4 Å². The highest BCUT2D eigenvalue weighted by atomic mass is 35.5. The van der Waals surface area contributed by atoms with E-state index in [2.05, 4.69) is 238 Å². The van der Waals surface area contributed by atoms with Gasteiger partial charge in [0.1, 0.15) is 0 Å². The molecule has 8 fully saturated rings. The molecule has 0 N–H and O–H groups in total. The van der Waals surface area contributed by atoms with Crippen molar-refractivity contribution in [3.05, 3.63) is 268 Å². The molecule has 8 aliphatic carbocycles. The van der Waals surface area contributed by atoms with Crippen LogP contribution >= 0.6 is 11.6 Å². The number of hydrogen-bond acceptors (Lipinski definition) is 4. The number of anilines is 12. The van der Waals surface area contributed by atoms with Gasteiger partial charge in [-0.2, -0.15) is 0 Å². The Bertz CT molecular complexity index is 4400. The maximum atomic E-state index is 7.83. The van der Waals surface area contributed by atoms with E-state index in [9.17, 15) is 0 Å². The Balaban J connectivity index is 0.000000164. The van der Waals surface area contributed by atoms with E-state index >= 15 is 0 Å². The SMILES string of the molecule is C.C.Clc1c(N(c2ccc(C3CCCCC3)cc2)c2ccc(C3CCCCC3)cc2)cccc1N(c1ccc(C2CCCCC2)cc1)c1ccc(C2CCCCC2)cc1.c1cc2c3c(c1)N(c1ccc(C4CCCCC4)cc1)c1ccc(C4CCCCC4)cc1B3c1cc(C3CCCCC3)ccc1N2c1ccc(C2CCCCC2)cc1. The molecule has 0 spiro atoms. The van der Waals surface area contributed by atoms with Gasteiger partial charge in [-0.3, -0.25) is 0 Å². The monoisotopic (exact) mass is 1560 g/mol. The molecule has 0 atom stereocenters. The van der Waals surface area contributed by atoms with Gasteiger partial charge in [-0.1, -0.05) is 290 Å². The van der Waals surface area contributed by atoms with Crippen LogP contribution in [0.5, 0.6) is 0 Å². The summed E-state index contributed by atoms with van der Waals surface area (Å²) in [6.45, 7) is 0.198. The summed E-state index contributed by atoms with van der Waals surface area (Å²) in [7, 11) is 0. The molecular formula is C110H132BClN4. The van der Waals surface area contributed by atoms with E-state index < -0.39 is 0 Å². The summed E-state index contributed by atoms with van der Waals surface area (Å²) in [6, 6.07) is 86.8. The molecule has 4 nitrogen and oxygen atoms in total. The molecule has 0 radical (unpaired) electrons. The van der Waals surface area contributed by atoms with Crippen LogP contribution < -0.4 is 36.0 Å². The van der Waals surface area contributed by atoms with E-state index in [1.54, 1.807) is 11.1 Å². The van der Waals surface area contributed by atoms with E-state index in [4.69, 9.17) is 11.6 Å². The maximum absolute atomic E-state index is 7.83. The van der Waals surface area contributed by atoms with Crippen molar-refractivity contribution in [2.24, 2.45) is 0 Å². The second-order valence-electron chi connectivity index (χ2n) is 37.0. The van der Waals surface area contributed by atoms with Crippen molar-refractivity contribution in [2.45, 2.75) is 319 Å². The predicted molar refractivity (Wildman–Crippen MR) is 501 cm³/mol. The fourth-order valence-electron chi connectivity index (χ4n) is 23.6. The molecule has 0 aromatic heterocycles. The van der Waals surface area contributed by atoms with Crippen LogP contribution in [0.4, 0.5) is 68.2 Å². The molecule has 10 aliphatic rings. The smallest absolute Gasteiger partial charge is 0.252 e. The molecule has 2 aliphatic heterocycles. The van der Waals surface area contributed by atoms with Gasteiger partial charge in [0.25, 0.3) is 6.71 Å². The Morgan fingerprint density at radius 2 is 0.448 bits per heavy atom. The topological polar surface area (TPSA) is 13.0 Å². The Morgan fingerprint density at radius 1 is 0.233 bits per heavy atom. The van der Waals surface area contributed by atoms with Crippen molar-refractivity contribution in [3.8, 4) is 0 Å². The van der Waals surface area contributed by atoms with Gasteiger partial charge >= 0.3 is 0 Å². The Kier molecular flexibility index (Phi) is 25.8. The summed E-state index contributed by atoms with van der Waals surface area (Å²) in [5.74, 6) is 5.44. The van der Waals surface area contributed by atoms with Crippen LogP contribution in [0.15, 0.2) is 218 Å². The summed E-state index contributed by atoms with van der Waals surface area (Å²) in [4.78, 5) is 10.1. The van der Waals surface area contributed by atoms with Crippen LogP contribution in [-0.4, -0.2) is 6.71 Å². The fourth-order valence-corrected chi connectivity index (χ4v) is 23.9. The average molecular weight is 1560 g/mol. The van der Waals surface area contributed by atoms with Crippen molar-refractivity contribution < 1.29 is 0 Å². The Morgan fingerprint density at radius 3 is 0.698 bits per heavy atom. The number of hydrogen-bond donors (Lipinski definition) is 0. The van der Waals surface area contributed by atoms with Gasteiger partial charge in [-0.05, 0) is 320 Å². The average Bonchev–Trinajstić information content (AvgIpc) is 0.698. The first-order chi connectivity index (χ1) is 56.5. The van der Waals surface area contributed by atoms with Crippen LogP contribution in [-0.2, 0) is 0 Å². The zero-order chi connectivity index (χ0) is 76.1. The molecule has 6 heteroatoms. The number of fused-ring (bicyclic) bond motifs is 4. The molecule has 20 rings (SSSR count). The Hall–Kier alpha value is -8.25. The van der Waals surface area contributed by atoms with Crippen LogP contribution in [0.1, 0.15) is 364 Å². The lowest BCUT2D eigenvalue weighted by Gasteiger charge is -2.44. The first-order valence-electron chi connectivity index (χ1n) is 46.5. The zero-order valence-corrected chi connectivity index (χ0v) is 69.2. The summed E-state index contributed by atoms with van der Waals surface area (Å²) in [6.07, 6.45) is 53.8. The lowest BCUT2D eigenvalue weighted by atomic mass is 9.33. The normalized spacial score (nSPS) is 19.5. The predicted octanol–water partition coefficient (Wildman–Crippen LogP) is 32.7. The van der Waals surface area contributed by atoms with Gasteiger partial charge < -0.3 is 19.6 Å². The molecule has 8 saturated carbocycles. The molecule has 0 saturated heterocycles. The minimum Gasteiger partial charge on any atom is -0.311 e. The van der Waals surface area contributed by atoms with Crippen LogP contribution in [0, 0.1) is 0 Å². The first kappa shape index (κ1) is 80.2. The fraction of sp³-hybridized carbons (Fsp3) is 0.455. The molecule has 10 aromatic carbocycles. The minimum absolute atomic E-state index is 0. The number of nitrogens with zero attached hydrogens (tertiary/aromatic N) is 4. The van der Waals surface area contributed by atoms with E-state index in [0.717, 1.165) is 39.1 Å². The van der Waals surface area contributed by atoms with Crippen LogP contribution in [0.3, 0.4) is 0 Å². The summed E-state index contributed by atoms with van der Waals surface area (Å²) in [5.41, 5.74) is 31.2. The van der Waals surface area contributed by atoms with Crippen molar-refractivity contribution in [2.75, 3.05) is 19.6 Å². The standard InChI is InChI=1S/C54H61BN2.C54H63ClN2.2CH4/c1-5-14-38(15-6-1)42-24-30-46(31-25-42)56-50-34-28-44(40-18-9-3-10-19-40)36-48(50)55-49-37-45(41-20-11-4-12-21-41)29-35-51(49)57(53-23-13-22-52(56)54(53)55)47-32-26-43(27-33-47)39-16-7-2-8-17-39;55-54-52(56(48-32-24-44(25-33-48)40-14-5-1-6-15-40)49-34-26-45(27-35-49)41-16-7-2-8-17-41)22-13-23-53(54)57(50-36-28-46(29-37-50)42-18-9-3-10-19-42)51-38-30-47(31-39-51)43-20-11-4-12-21-43;;/h13,22-41H,1-12,14-21H2;13,22-43H,1-12,14-21H2;2*1H4. The van der Waals surface area contributed by atoms with Gasteiger partial charge in [0.15, 0.2) is 0 Å². The van der Waals surface area contributed by atoms with Gasteiger partial charge in [-0.25, -0.2) is 0 Å². The highest BCUT2D eigenvalue weighted by molar-refractivity contribution is 7.00. The highest BCUT2D eigenvalue weighted by Crippen LogP contribution is 2.52. The van der Waals surface area contributed by atoms with Crippen molar-refractivity contribution >= 4 is 103 Å². The third-order valence-electron chi connectivity index (χ3n) is 30.0.